The van der Waals surface area contributed by atoms with E-state index in [1.165, 1.54) is 36.5 Å². The van der Waals surface area contributed by atoms with Gasteiger partial charge in [0.05, 0.1) is 18.6 Å². The van der Waals surface area contributed by atoms with Crippen LogP contribution in [0.25, 0.3) is 0 Å². The molecule has 1 aromatic carbocycles. The first kappa shape index (κ1) is 19.0. The summed E-state index contributed by atoms with van der Waals surface area (Å²) in [6.45, 7) is 4.76. The highest BCUT2D eigenvalue weighted by Gasteiger charge is 2.31. The van der Waals surface area contributed by atoms with E-state index in [2.05, 4.69) is 10.0 Å². The zero-order valence-corrected chi connectivity index (χ0v) is 15.6. The second-order valence-electron chi connectivity index (χ2n) is 5.59. The van der Waals surface area contributed by atoms with Crippen LogP contribution in [-0.4, -0.2) is 59.7 Å². The van der Waals surface area contributed by atoms with E-state index in [1.54, 1.807) is 0 Å². The van der Waals surface area contributed by atoms with E-state index < -0.39 is 20.0 Å². The Labute approximate surface area is 143 Å². The van der Waals surface area contributed by atoms with Crippen molar-refractivity contribution in [3.05, 3.63) is 18.2 Å². The van der Waals surface area contributed by atoms with Crippen molar-refractivity contribution in [2.24, 2.45) is 0 Å². The number of benzene rings is 1. The maximum Gasteiger partial charge on any atom is 0.246 e. The third-order valence-corrected chi connectivity index (χ3v) is 6.98. The van der Waals surface area contributed by atoms with Crippen molar-refractivity contribution in [1.29, 1.82) is 0 Å². The number of hydrogen-bond acceptors (Lipinski definition) is 6. The van der Waals surface area contributed by atoms with Gasteiger partial charge in [0.2, 0.25) is 20.0 Å². The summed E-state index contributed by atoms with van der Waals surface area (Å²) in [6.07, 6.45) is 0. The molecule has 0 aromatic heterocycles. The van der Waals surface area contributed by atoms with Gasteiger partial charge in [-0.15, -0.1) is 0 Å². The number of rotatable bonds is 6. The number of methoxy groups -OCH3 is 1. The molecule has 136 valence electrons. The highest BCUT2D eigenvalue weighted by Crippen LogP contribution is 2.30. The number of anilines is 1. The van der Waals surface area contributed by atoms with Crippen LogP contribution in [-0.2, 0) is 20.0 Å². The molecule has 0 radical (unpaired) electrons. The Morgan fingerprint density at radius 3 is 2.62 bits per heavy atom. The van der Waals surface area contributed by atoms with Gasteiger partial charge in [0, 0.05) is 31.7 Å². The highest BCUT2D eigenvalue weighted by molar-refractivity contribution is 7.92. The molecule has 1 fully saturated rings. The molecule has 1 saturated heterocycles. The number of nitrogens with zero attached hydrogens (tertiary/aromatic N) is 1. The van der Waals surface area contributed by atoms with Crippen molar-refractivity contribution in [2.75, 3.05) is 37.2 Å². The van der Waals surface area contributed by atoms with E-state index in [0.717, 1.165) is 0 Å². The standard InChI is InChI=1S/C14H23N3O5S2/c1-4-23(18,19)16-12-5-6-14(13(9-12)22-3)24(20,21)17-8-7-15-11(2)10-17/h5-6,9,11,15-16H,4,7-8,10H2,1-3H3. The molecular formula is C14H23N3O5S2. The van der Waals surface area contributed by atoms with Gasteiger partial charge in [-0.25, -0.2) is 16.8 Å². The molecule has 1 aliphatic rings. The van der Waals surface area contributed by atoms with Crippen LogP contribution < -0.4 is 14.8 Å². The van der Waals surface area contributed by atoms with Crippen molar-refractivity contribution < 1.29 is 21.6 Å². The summed E-state index contributed by atoms with van der Waals surface area (Å²) in [4.78, 5) is 0.0264. The Bertz CT molecular complexity index is 793. The number of hydrogen-bond donors (Lipinski definition) is 2. The molecule has 1 unspecified atom stereocenters. The average Bonchev–Trinajstić information content (AvgIpc) is 2.54. The number of sulfonamides is 2. The third kappa shape index (κ3) is 4.18. The molecule has 1 atom stereocenters. The van der Waals surface area contributed by atoms with E-state index in [4.69, 9.17) is 4.74 Å². The second-order valence-corrected chi connectivity index (χ2v) is 9.51. The number of ether oxygens (including phenoxy) is 1. The van der Waals surface area contributed by atoms with Crippen molar-refractivity contribution in [3.8, 4) is 5.75 Å². The summed E-state index contributed by atoms with van der Waals surface area (Å²) in [5, 5.41) is 3.19. The van der Waals surface area contributed by atoms with Crippen molar-refractivity contribution in [2.45, 2.75) is 24.8 Å². The summed E-state index contributed by atoms with van der Waals surface area (Å²) in [5.74, 6) is 0.0334. The SMILES string of the molecule is CCS(=O)(=O)Nc1ccc(S(=O)(=O)N2CCNC(C)C2)c(OC)c1. The van der Waals surface area contributed by atoms with Crippen molar-refractivity contribution >= 4 is 25.7 Å². The van der Waals surface area contributed by atoms with Gasteiger partial charge in [0.15, 0.2) is 0 Å². The Hall–Kier alpha value is -1.36. The Balaban J connectivity index is 2.36. The third-order valence-electron chi connectivity index (χ3n) is 3.77. The van der Waals surface area contributed by atoms with E-state index in [9.17, 15) is 16.8 Å². The van der Waals surface area contributed by atoms with Crippen LogP contribution in [0.5, 0.6) is 5.75 Å². The molecule has 0 aliphatic carbocycles. The lowest BCUT2D eigenvalue weighted by Crippen LogP contribution is -2.51. The average molecular weight is 377 g/mol. The molecule has 1 aliphatic heterocycles. The van der Waals surface area contributed by atoms with Gasteiger partial charge >= 0.3 is 0 Å². The first-order valence-electron chi connectivity index (χ1n) is 7.61. The van der Waals surface area contributed by atoms with Crippen LogP contribution in [0.4, 0.5) is 5.69 Å². The van der Waals surface area contributed by atoms with E-state index in [1.807, 2.05) is 6.92 Å². The smallest absolute Gasteiger partial charge is 0.246 e. The molecule has 1 heterocycles. The lowest BCUT2D eigenvalue weighted by Gasteiger charge is -2.31. The molecule has 10 heteroatoms. The van der Waals surface area contributed by atoms with Crippen LogP contribution >= 0.6 is 0 Å². The minimum Gasteiger partial charge on any atom is -0.495 e. The van der Waals surface area contributed by atoms with Crippen LogP contribution in [0.3, 0.4) is 0 Å². The summed E-state index contributed by atoms with van der Waals surface area (Å²) in [7, 11) is -5.81. The van der Waals surface area contributed by atoms with Gasteiger partial charge in [0.25, 0.3) is 0 Å². The van der Waals surface area contributed by atoms with Gasteiger partial charge in [-0.3, -0.25) is 4.72 Å². The summed E-state index contributed by atoms with van der Waals surface area (Å²) in [5.41, 5.74) is 0.265. The maximum absolute atomic E-state index is 12.8. The summed E-state index contributed by atoms with van der Waals surface area (Å²) < 4.78 is 58.0. The van der Waals surface area contributed by atoms with Gasteiger partial charge in [-0.05, 0) is 26.0 Å². The molecule has 2 N–H and O–H groups in total. The topological polar surface area (TPSA) is 105 Å². The molecule has 24 heavy (non-hydrogen) atoms. The Morgan fingerprint density at radius 1 is 1.33 bits per heavy atom. The number of nitrogens with one attached hydrogen (secondary N) is 2. The molecule has 0 saturated carbocycles. The van der Waals surface area contributed by atoms with Crippen LogP contribution in [0.15, 0.2) is 23.1 Å². The molecule has 0 bridgehead atoms. The van der Waals surface area contributed by atoms with E-state index in [0.29, 0.717) is 19.6 Å². The van der Waals surface area contributed by atoms with Crippen LogP contribution in [0.2, 0.25) is 0 Å². The van der Waals surface area contributed by atoms with Gasteiger partial charge in [0.1, 0.15) is 10.6 Å². The summed E-state index contributed by atoms with van der Waals surface area (Å²) in [6, 6.07) is 4.24. The quantitative estimate of drug-likeness (QED) is 0.745. The lowest BCUT2D eigenvalue weighted by molar-refractivity contribution is 0.308. The van der Waals surface area contributed by atoms with Crippen molar-refractivity contribution in [3.63, 3.8) is 0 Å². The predicted octanol–water partition coefficient (Wildman–Crippen LogP) is 0.439. The van der Waals surface area contributed by atoms with Gasteiger partial charge < -0.3 is 10.1 Å². The summed E-state index contributed by atoms with van der Waals surface area (Å²) >= 11 is 0. The molecule has 1 aromatic rings. The maximum atomic E-state index is 12.8. The monoisotopic (exact) mass is 377 g/mol. The lowest BCUT2D eigenvalue weighted by atomic mass is 10.3. The van der Waals surface area contributed by atoms with E-state index >= 15 is 0 Å². The zero-order valence-electron chi connectivity index (χ0n) is 13.9. The molecular weight excluding hydrogens is 354 g/mol. The first-order chi connectivity index (χ1) is 11.2. The molecule has 0 spiro atoms. The minimum absolute atomic E-state index is 0.0264. The van der Waals surface area contributed by atoms with E-state index in [-0.39, 0.29) is 28.1 Å². The van der Waals surface area contributed by atoms with Crippen LogP contribution in [0.1, 0.15) is 13.8 Å². The van der Waals surface area contributed by atoms with Crippen molar-refractivity contribution in [1.82, 2.24) is 9.62 Å². The van der Waals surface area contributed by atoms with Crippen LogP contribution in [0, 0.1) is 0 Å². The van der Waals surface area contributed by atoms with Gasteiger partial charge in [-0.2, -0.15) is 4.31 Å². The normalized spacial score (nSPS) is 19.9. The minimum atomic E-state index is -3.71. The first-order valence-corrected chi connectivity index (χ1v) is 10.7. The molecule has 2 rings (SSSR count). The fourth-order valence-electron chi connectivity index (χ4n) is 2.45. The Morgan fingerprint density at radius 2 is 2.04 bits per heavy atom. The number of piperazine rings is 1. The molecule has 0 amide bonds. The highest BCUT2D eigenvalue weighted by atomic mass is 32.2. The zero-order chi connectivity index (χ0) is 18.0. The predicted molar refractivity (Wildman–Crippen MR) is 92.3 cm³/mol. The fraction of sp³-hybridized carbons (Fsp3) is 0.571. The Kier molecular flexibility index (Phi) is 5.74. The molecule has 8 nitrogen and oxygen atoms in total. The largest absolute Gasteiger partial charge is 0.495 e. The van der Waals surface area contributed by atoms with Gasteiger partial charge in [-0.1, -0.05) is 0 Å². The second kappa shape index (κ2) is 7.26. The fourth-order valence-corrected chi connectivity index (χ4v) is 4.75.